The van der Waals surface area contributed by atoms with Crippen molar-refractivity contribution in [1.82, 2.24) is 0 Å². The van der Waals surface area contributed by atoms with E-state index in [0.29, 0.717) is 29.1 Å². The lowest BCUT2D eigenvalue weighted by molar-refractivity contribution is -0.139. The number of nitrogens with zero attached hydrogens (tertiary/aromatic N) is 2. The van der Waals surface area contributed by atoms with Gasteiger partial charge in [0.05, 0.1) is 22.7 Å². The van der Waals surface area contributed by atoms with Crippen molar-refractivity contribution in [3.05, 3.63) is 82.1 Å². The predicted molar refractivity (Wildman–Crippen MR) is 171 cm³/mol. The normalized spacial score (nSPS) is 16.6. The molecular weight excluding hydrogens is 788 g/mol. The first-order valence-corrected chi connectivity index (χ1v) is 16.1. The number of hydrogen-bond acceptors (Lipinski definition) is 5. The second-order valence-corrected chi connectivity index (χ2v) is 13.0. The van der Waals surface area contributed by atoms with Crippen LogP contribution in [0, 0.1) is 12.8 Å². The van der Waals surface area contributed by atoms with Crippen LogP contribution < -0.4 is 14.5 Å². The zero-order valence-electron chi connectivity index (χ0n) is 22.3. The van der Waals surface area contributed by atoms with Crippen LogP contribution in [0.4, 0.5) is 11.4 Å². The van der Waals surface area contributed by atoms with Crippen molar-refractivity contribution in [1.29, 1.82) is 0 Å². The Morgan fingerprint density at radius 3 is 1.95 bits per heavy atom. The first kappa shape index (κ1) is 30.1. The minimum absolute atomic E-state index is 0.0705. The summed E-state index contributed by atoms with van der Waals surface area (Å²) in [5, 5.41) is 0. The molecule has 0 N–H and O–H groups in total. The molecule has 0 bridgehead atoms. The Balaban J connectivity index is 1.36. The van der Waals surface area contributed by atoms with Crippen LogP contribution in [0.2, 0.25) is 0 Å². The largest absolute Gasteiger partial charge is 0.426 e. The Labute approximate surface area is 271 Å². The first-order chi connectivity index (χ1) is 19.5. The third kappa shape index (κ3) is 5.13. The number of carbonyl (C=O) groups excluding carboxylic acids is 4. The molecule has 212 valence electrons. The molecule has 11 heteroatoms. The van der Waals surface area contributed by atoms with E-state index >= 15 is 0 Å². The van der Waals surface area contributed by atoms with E-state index in [1.807, 2.05) is 32.0 Å². The van der Waals surface area contributed by atoms with Crippen LogP contribution in [-0.2, 0) is 22.4 Å². The van der Waals surface area contributed by atoms with Crippen molar-refractivity contribution >= 4 is 98.8 Å². The maximum atomic E-state index is 13.4. The van der Waals surface area contributed by atoms with Gasteiger partial charge in [0.1, 0.15) is 5.75 Å². The highest BCUT2D eigenvalue weighted by atomic mass is 79.9. The summed E-state index contributed by atoms with van der Waals surface area (Å²) < 4.78 is 7.86. The number of carbonyl (C=O) groups is 4. The van der Waals surface area contributed by atoms with E-state index in [1.54, 1.807) is 30.0 Å². The molecule has 1 saturated heterocycles. The second kappa shape index (κ2) is 11.7. The molecule has 1 fully saturated rings. The summed E-state index contributed by atoms with van der Waals surface area (Å²) >= 11 is 13.7. The number of rotatable bonds is 6. The standard InChI is InChI=1S/C30H24Br4N2O5/c1-4-15-7-6-8-16(5-2)27(15)35-13-17(12-20(35)37)30(40)41-18-9-10-19(14(3)11-18)36-28(38)21-22(29(36)39)24(32)26(34)25(33)23(21)31/h6-11,17H,4-5,12-13H2,1-3H3/t17-/m1/s1. The maximum Gasteiger partial charge on any atom is 0.316 e. The molecule has 0 unspecified atom stereocenters. The van der Waals surface area contributed by atoms with Gasteiger partial charge >= 0.3 is 5.97 Å². The summed E-state index contributed by atoms with van der Waals surface area (Å²) in [6.45, 7) is 6.09. The molecule has 2 aliphatic heterocycles. The molecule has 0 aliphatic carbocycles. The van der Waals surface area contributed by atoms with Gasteiger partial charge in [-0.05, 0) is 118 Å². The fourth-order valence-electron chi connectivity index (χ4n) is 5.35. The van der Waals surface area contributed by atoms with E-state index in [1.165, 1.54) is 0 Å². The van der Waals surface area contributed by atoms with Crippen molar-refractivity contribution in [2.45, 2.75) is 40.0 Å². The molecule has 2 aliphatic rings. The van der Waals surface area contributed by atoms with Gasteiger partial charge < -0.3 is 9.64 Å². The van der Waals surface area contributed by atoms with E-state index in [0.717, 1.165) is 34.6 Å². The maximum absolute atomic E-state index is 13.4. The molecule has 0 spiro atoms. The van der Waals surface area contributed by atoms with Crippen molar-refractivity contribution in [3.63, 3.8) is 0 Å². The fourth-order valence-corrected chi connectivity index (χ4v) is 7.81. The van der Waals surface area contributed by atoms with E-state index < -0.39 is 23.7 Å². The summed E-state index contributed by atoms with van der Waals surface area (Å²) in [6, 6.07) is 10.8. The molecule has 3 amide bonds. The van der Waals surface area contributed by atoms with Gasteiger partial charge in [-0.2, -0.15) is 0 Å². The van der Waals surface area contributed by atoms with Gasteiger partial charge in [0, 0.05) is 36.5 Å². The molecule has 1 atom stereocenters. The first-order valence-electron chi connectivity index (χ1n) is 13.0. The Morgan fingerprint density at radius 2 is 1.44 bits per heavy atom. The third-order valence-corrected chi connectivity index (χ3v) is 12.2. The molecular formula is C30H24Br4N2O5. The van der Waals surface area contributed by atoms with E-state index in [4.69, 9.17) is 4.74 Å². The van der Waals surface area contributed by atoms with Crippen LogP contribution in [0.25, 0.3) is 0 Å². The van der Waals surface area contributed by atoms with Crippen molar-refractivity contribution in [2.75, 3.05) is 16.3 Å². The molecule has 3 aromatic rings. The smallest absolute Gasteiger partial charge is 0.316 e. The summed E-state index contributed by atoms with van der Waals surface area (Å²) in [7, 11) is 0. The Kier molecular flexibility index (Phi) is 8.63. The lowest BCUT2D eigenvalue weighted by atomic mass is 10.0. The number of ether oxygens (including phenoxy) is 1. The Bertz CT molecular complexity index is 1590. The number of esters is 1. The van der Waals surface area contributed by atoms with Crippen LogP contribution in [0.1, 0.15) is 57.7 Å². The van der Waals surface area contributed by atoms with Gasteiger partial charge in [0.2, 0.25) is 5.91 Å². The molecule has 7 nitrogen and oxygen atoms in total. The number of amides is 3. The summed E-state index contributed by atoms with van der Waals surface area (Å²) in [6.07, 6.45) is 1.63. The number of aryl methyl sites for hydroxylation is 3. The van der Waals surface area contributed by atoms with Crippen molar-refractivity contribution < 1.29 is 23.9 Å². The van der Waals surface area contributed by atoms with Crippen LogP contribution in [-0.4, -0.2) is 30.2 Å². The average molecular weight is 812 g/mol. The van der Waals surface area contributed by atoms with E-state index in [-0.39, 0.29) is 35.7 Å². The van der Waals surface area contributed by atoms with Gasteiger partial charge in [-0.1, -0.05) is 32.0 Å². The number of halogens is 4. The summed E-state index contributed by atoms with van der Waals surface area (Å²) in [4.78, 5) is 55.8. The zero-order valence-corrected chi connectivity index (χ0v) is 28.7. The zero-order chi connectivity index (χ0) is 29.7. The quantitative estimate of drug-likeness (QED) is 0.0831. The van der Waals surface area contributed by atoms with Gasteiger partial charge in [-0.15, -0.1) is 0 Å². The van der Waals surface area contributed by atoms with Gasteiger partial charge in [0.15, 0.2) is 0 Å². The van der Waals surface area contributed by atoms with E-state index in [2.05, 4.69) is 63.7 Å². The number of para-hydroxylation sites is 1. The number of hydrogen-bond donors (Lipinski definition) is 0. The van der Waals surface area contributed by atoms with Gasteiger partial charge in [0.25, 0.3) is 11.8 Å². The van der Waals surface area contributed by atoms with Crippen LogP contribution in [0.5, 0.6) is 5.75 Å². The average Bonchev–Trinajstić information content (AvgIpc) is 3.46. The predicted octanol–water partition coefficient (Wildman–Crippen LogP) is 7.93. The monoisotopic (exact) mass is 808 g/mol. The van der Waals surface area contributed by atoms with Gasteiger partial charge in [-0.25, -0.2) is 4.90 Å². The molecule has 0 aromatic heterocycles. The Morgan fingerprint density at radius 1 is 0.878 bits per heavy atom. The minimum atomic E-state index is -0.611. The highest BCUT2D eigenvalue weighted by Crippen LogP contribution is 2.46. The van der Waals surface area contributed by atoms with Crippen molar-refractivity contribution in [2.24, 2.45) is 5.92 Å². The number of anilines is 2. The van der Waals surface area contributed by atoms with Crippen molar-refractivity contribution in [3.8, 4) is 5.75 Å². The number of fused-ring (bicyclic) bond motifs is 1. The molecule has 41 heavy (non-hydrogen) atoms. The van der Waals surface area contributed by atoms with Crippen LogP contribution in [0.15, 0.2) is 54.3 Å². The number of benzene rings is 3. The minimum Gasteiger partial charge on any atom is -0.426 e. The molecule has 5 rings (SSSR count). The lowest BCUT2D eigenvalue weighted by Crippen LogP contribution is -2.30. The molecule has 3 aromatic carbocycles. The van der Waals surface area contributed by atoms with Crippen LogP contribution in [0.3, 0.4) is 0 Å². The summed E-state index contributed by atoms with van der Waals surface area (Å²) in [5.74, 6) is -1.88. The number of imide groups is 1. The highest BCUT2D eigenvalue weighted by molar-refractivity contribution is 9.15. The van der Waals surface area contributed by atoms with Crippen LogP contribution >= 0.6 is 63.7 Å². The molecule has 0 radical (unpaired) electrons. The highest BCUT2D eigenvalue weighted by Gasteiger charge is 2.42. The fraction of sp³-hybridized carbons (Fsp3) is 0.267. The van der Waals surface area contributed by atoms with E-state index in [9.17, 15) is 19.2 Å². The Hall–Kier alpha value is -2.34. The van der Waals surface area contributed by atoms with Gasteiger partial charge in [-0.3, -0.25) is 19.2 Å². The topological polar surface area (TPSA) is 84.0 Å². The second-order valence-electron chi connectivity index (χ2n) is 9.86. The SMILES string of the molecule is CCc1cccc(CC)c1N1C[C@H](C(=O)Oc2ccc(N3C(=O)c4c(Br)c(Br)c(Br)c(Br)c4C3=O)c(C)c2)CC1=O. The lowest BCUT2D eigenvalue weighted by Gasteiger charge is -2.23. The molecule has 0 saturated carbocycles. The molecule has 2 heterocycles. The summed E-state index contributed by atoms with van der Waals surface area (Å²) in [5.41, 5.74) is 4.50. The third-order valence-electron chi connectivity index (χ3n) is 7.42.